The Balaban J connectivity index is 0.665. The minimum Gasteiger partial charge on any atom is -0.368 e. The van der Waals surface area contributed by atoms with Gasteiger partial charge in [-0.25, -0.2) is 0 Å². The Morgan fingerprint density at radius 3 is 2.22 bits per heavy atom. The highest BCUT2D eigenvalue weighted by atomic mass is 15.3. The molecule has 3 saturated heterocycles. The molecule has 6 fully saturated rings. The van der Waals surface area contributed by atoms with Gasteiger partial charge in [0.15, 0.2) is 0 Å². The molecular weight excluding hydrogens is 921 g/mol. The Kier molecular flexibility index (Phi) is 12.9. The van der Waals surface area contributed by atoms with Crippen molar-refractivity contribution in [2.45, 2.75) is 273 Å². The van der Waals surface area contributed by atoms with Gasteiger partial charge in [0.05, 0.1) is 6.04 Å². The van der Waals surface area contributed by atoms with Crippen LogP contribution in [0.5, 0.6) is 0 Å². The summed E-state index contributed by atoms with van der Waals surface area (Å²) >= 11 is 0. The number of nitrogens with zero attached hydrogens (tertiary/aromatic N) is 4. The molecule has 16 rings (SSSR count). The van der Waals surface area contributed by atoms with E-state index in [2.05, 4.69) is 92.2 Å². The summed E-state index contributed by atoms with van der Waals surface area (Å²) in [5, 5.41) is 0. The van der Waals surface area contributed by atoms with Crippen molar-refractivity contribution in [2.75, 3.05) is 0 Å². The number of likely N-dealkylation sites (tertiary alicyclic amines) is 3. The maximum absolute atomic E-state index is 3.56. The van der Waals surface area contributed by atoms with Crippen molar-refractivity contribution in [1.29, 1.82) is 0 Å². The van der Waals surface area contributed by atoms with Crippen LogP contribution in [0.3, 0.4) is 0 Å². The van der Waals surface area contributed by atoms with Crippen LogP contribution in [-0.4, -0.2) is 74.0 Å². The van der Waals surface area contributed by atoms with Crippen molar-refractivity contribution < 1.29 is 0 Å². The monoisotopic (exact) mass is 1020 g/mol. The van der Waals surface area contributed by atoms with Crippen molar-refractivity contribution in [3.63, 3.8) is 0 Å². The van der Waals surface area contributed by atoms with Crippen molar-refractivity contribution in [1.82, 2.24) is 19.6 Å². The molecule has 0 aromatic carbocycles. The van der Waals surface area contributed by atoms with Gasteiger partial charge in [0.2, 0.25) is 0 Å². The second-order valence-electron chi connectivity index (χ2n) is 28.7. The fraction of sp³-hybridized carbons (Fsp3) is 0.722. The Bertz CT molecular complexity index is 2610. The largest absolute Gasteiger partial charge is 0.368 e. The molecular formula is C72H96N4. The molecule has 0 spiro atoms. The van der Waals surface area contributed by atoms with Gasteiger partial charge in [-0.15, -0.1) is 11.8 Å². The van der Waals surface area contributed by atoms with Gasteiger partial charge in [0.25, 0.3) is 0 Å². The van der Waals surface area contributed by atoms with E-state index in [1.807, 2.05) is 22.4 Å². The van der Waals surface area contributed by atoms with E-state index in [0.717, 1.165) is 78.6 Å². The number of hydrogen-bond donors (Lipinski definition) is 0. The number of hydrogen-bond acceptors (Lipinski definition) is 4. The summed E-state index contributed by atoms with van der Waals surface area (Å²) in [4.78, 5) is 12.4. The third kappa shape index (κ3) is 8.16. The van der Waals surface area contributed by atoms with Crippen LogP contribution in [0.25, 0.3) is 0 Å². The molecule has 16 atom stereocenters. The lowest BCUT2D eigenvalue weighted by atomic mass is 9.65. The van der Waals surface area contributed by atoms with Crippen LogP contribution < -0.4 is 0 Å². The van der Waals surface area contributed by atoms with Gasteiger partial charge in [-0.05, 0) is 220 Å². The summed E-state index contributed by atoms with van der Waals surface area (Å²) in [7, 11) is 0. The first kappa shape index (κ1) is 48.5. The van der Waals surface area contributed by atoms with E-state index in [4.69, 9.17) is 0 Å². The molecule has 0 radical (unpaired) electrons. The van der Waals surface area contributed by atoms with E-state index in [9.17, 15) is 0 Å². The molecule has 4 heteroatoms. The average Bonchev–Trinajstić information content (AvgIpc) is 4.24. The molecule has 4 aliphatic heterocycles. The lowest BCUT2D eigenvalue weighted by Gasteiger charge is -2.43. The Morgan fingerprint density at radius 2 is 1.36 bits per heavy atom. The zero-order valence-corrected chi connectivity index (χ0v) is 47.0. The molecule has 0 bridgehead atoms. The van der Waals surface area contributed by atoms with Gasteiger partial charge >= 0.3 is 0 Å². The summed E-state index contributed by atoms with van der Waals surface area (Å²) in [6.07, 6.45) is 74.0. The van der Waals surface area contributed by atoms with Gasteiger partial charge in [-0.2, -0.15) is 0 Å². The van der Waals surface area contributed by atoms with Crippen LogP contribution >= 0.6 is 0 Å². The first-order valence-corrected chi connectivity index (χ1v) is 33.5. The van der Waals surface area contributed by atoms with Crippen molar-refractivity contribution in [3.8, 4) is 11.8 Å². The first-order chi connectivity index (χ1) is 37.7. The maximum Gasteiger partial charge on any atom is 0.0543 e. The molecule has 0 aromatic heterocycles. The first-order valence-electron chi connectivity index (χ1n) is 33.5. The molecule has 404 valence electrons. The van der Waals surface area contributed by atoms with E-state index in [-0.39, 0.29) is 0 Å². The lowest BCUT2D eigenvalue weighted by Crippen LogP contribution is -2.47. The third-order valence-corrected chi connectivity index (χ3v) is 25.4. The Morgan fingerprint density at radius 1 is 0.474 bits per heavy atom. The van der Waals surface area contributed by atoms with Crippen molar-refractivity contribution >= 4 is 0 Å². The Hall–Kier alpha value is -3.42. The normalized spacial score (nSPS) is 43.1. The third-order valence-electron chi connectivity index (χ3n) is 25.4. The van der Waals surface area contributed by atoms with Crippen LogP contribution in [-0.2, 0) is 0 Å². The highest BCUT2D eigenvalue weighted by molar-refractivity contribution is 5.49. The number of allylic oxidation sites excluding steroid dienone is 12. The molecule has 0 amide bonds. The predicted octanol–water partition coefficient (Wildman–Crippen LogP) is 16.4. The fourth-order valence-corrected chi connectivity index (χ4v) is 22.2. The smallest absolute Gasteiger partial charge is 0.0543 e. The summed E-state index contributed by atoms with van der Waals surface area (Å²) < 4.78 is 0. The molecule has 16 aliphatic rings. The quantitative estimate of drug-likeness (QED) is 0.186. The summed E-state index contributed by atoms with van der Waals surface area (Å²) in [6, 6.07) is 6.61. The average molecular weight is 1020 g/mol. The molecule has 0 aromatic rings. The summed E-state index contributed by atoms with van der Waals surface area (Å²) in [5.41, 5.74) is 14.5. The minimum atomic E-state index is 0.629. The van der Waals surface area contributed by atoms with Gasteiger partial charge in [-0.1, -0.05) is 110 Å². The maximum atomic E-state index is 3.56. The zero-order valence-electron chi connectivity index (χ0n) is 47.0. The number of rotatable bonds is 7. The topological polar surface area (TPSA) is 13.0 Å². The van der Waals surface area contributed by atoms with Crippen LogP contribution in [0, 0.1) is 65.1 Å². The lowest BCUT2D eigenvalue weighted by molar-refractivity contribution is 0.0810. The van der Waals surface area contributed by atoms with E-state index in [1.165, 1.54) is 205 Å². The molecule has 12 unspecified atom stereocenters. The molecule has 76 heavy (non-hydrogen) atoms. The van der Waals surface area contributed by atoms with Gasteiger partial charge in [0, 0.05) is 96.0 Å². The highest BCUT2D eigenvalue weighted by Crippen LogP contribution is 2.60. The zero-order chi connectivity index (χ0) is 49.8. The van der Waals surface area contributed by atoms with Gasteiger partial charge in [-0.3, -0.25) is 4.90 Å². The van der Waals surface area contributed by atoms with Crippen LogP contribution in [0.2, 0.25) is 0 Å². The van der Waals surface area contributed by atoms with E-state index < -0.39 is 0 Å². The molecule has 4 heterocycles. The Labute approximate surface area is 460 Å². The van der Waals surface area contributed by atoms with Crippen molar-refractivity contribution in [3.05, 3.63) is 106 Å². The standard InChI is InChI=1S/C72H96N4/c1-5-17-53(18-6-1)73-65-27-15-13-25-57(65)59-41-47(29-35-67(59)73)49-31-37-69-61(43-49)63-45-51(33-39-71(63)75(69)55-21-9-3-10-22-55)52-34-40-72-64(46-52)62-44-50(32-38-70(62)76(72)56-23-11-4-12-24-56)48-30-36-68-60(42-48)58-26-14-16-28-66(58)74(68)54-19-7-2-8-20-54/h9,13,21,25-26,29,32,38-39,46,48-49,51,53-57,59,61-67,69,72H,1,3-7,10-12,14-20,22-24,27-28,30-31,33-37,40-45H2/t48-,49?,51?,54+,55?,57?,59+,61?,62?,63-,64?,65?,66?,67?,69?,72?/m1/s1. The molecule has 4 nitrogen and oxygen atoms in total. The van der Waals surface area contributed by atoms with Crippen LogP contribution in [0.1, 0.15) is 218 Å². The molecule has 0 N–H and O–H groups in total. The van der Waals surface area contributed by atoms with Gasteiger partial charge < -0.3 is 14.7 Å². The van der Waals surface area contributed by atoms with E-state index >= 15 is 0 Å². The minimum absolute atomic E-state index is 0.629. The summed E-state index contributed by atoms with van der Waals surface area (Å²) in [6.45, 7) is 0. The van der Waals surface area contributed by atoms with Crippen LogP contribution in [0.15, 0.2) is 106 Å². The van der Waals surface area contributed by atoms with Gasteiger partial charge in [0.1, 0.15) is 0 Å². The second-order valence-corrected chi connectivity index (χ2v) is 28.7. The fourth-order valence-electron chi connectivity index (χ4n) is 22.2. The van der Waals surface area contributed by atoms with E-state index in [0.29, 0.717) is 41.9 Å². The molecule has 12 aliphatic carbocycles. The second kappa shape index (κ2) is 20.3. The SMILES string of the molecule is C1#CC[C@@H](N2C3=C(C[C@H](C4=CC=C5C(C4)C4C=C(C6CC=C7[C@H](C6)C6CC(C8=CCC9[C@@H](C8)C8C=CCCC8N9C8CCCCC8)CCC6N7C6C=CCCC6)CCC4N5C4CCCCC4)CC3)C3=CCCCC32)CC1. The van der Waals surface area contributed by atoms with E-state index in [1.54, 1.807) is 22.5 Å². The van der Waals surface area contributed by atoms with Crippen molar-refractivity contribution in [2.24, 2.45) is 53.3 Å². The summed E-state index contributed by atoms with van der Waals surface area (Å²) in [5.74, 6) is 13.9. The number of fused-ring (bicyclic) bond motifs is 11. The predicted molar refractivity (Wildman–Crippen MR) is 311 cm³/mol. The molecule has 3 saturated carbocycles. The highest BCUT2D eigenvalue weighted by Gasteiger charge is 2.56. The van der Waals surface area contributed by atoms with Crippen LogP contribution in [0.4, 0.5) is 0 Å².